The van der Waals surface area contributed by atoms with Crippen molar-refractivity contribution < 1.29 is 8.42 Å². The first-order valence-electron chi connectivity index (χ1n) is 6.26. The quantitative estimate of drug-likeness (QED) is 0.823. The minimum Gasteiger partial charge on any atom is -0.355 e. The summed E-state index contributed by atoms with van der Waals surface area (Å²) in [5.41, 5.74) is 0.645. The Morgan fingerprint density at radius 1 is 1.58 bits per heavy atom. The van der Waals surface area contributed by atoms with E-state index in [1.165, 1.54) is 0 Å². The predicted molar refractivity (Wildman–Crippen MR) is 76.6 cm³/mol. The van der Waals surface area contributed by atoms with Crippen molar-refractivity contribution in [3.63, 3.8) is 0 Å². The lowest BCUT2D eigenvalue weighted by Crippen LogP contribution is -2.38. The van der Waals surface area contributed by atoms with Crippen molar-refractivity contribution in [3.8, 4) is 0 Å². The molecule has 1 fully saturated rings. The van der Waals surface area contributed by atoms with Gasteiger partial charge in [0.2, 0.25) is 10.0 Å². The molecule has 19 heavy (non-hydrogen) atoms. The van der Waals surface area contributed by atoms with Gasteiger partial charge in [-0.2, -0.15) is 0 Å². The van der Waals surface area contributed by atoms with Crippen LogP contribution in [0.1, 0.15) is 13.3 Å². The van der Waals surface area contributed by atoms with Gasteiger partial charge >= 0.3 is 0 Å². The highest BCUT2D eigenvalue weighted by Crippen LogP contribution is 2.17. The van der Waals surface area contributed by atoms with Gasteiger partial charge in [-0.1, -0.05) is 18.2 Å². The van der Waals surface area contributed by atoms with E-state index < -0.39 is 10.0 Å². The molecule has 1 N–H and O–H groups in total. The third kappa shape index (κ3) is 4.04. The minimum atomic E-state index is -3.27. The maximum atomic E-state index is 11.8. The SMILES string of the molecule is C=C(C)CS(=O)(=O)N[C@H]1CCN(c2ccccn2)C1. The smallest absolute Gasteiger partial charge is 0.215 e. The second-order valence-electron chi connectivity index (χ2n) is 4.95. The van der Waals surface area contributed by atoms with Crippen LogP contribution in [-0.4, -0.2) is 38.3 Å². The minimum absolute atomic E-state index is 0.00686. The molecule has 0 amide bonds. The van der Waals surface area contributed by atoms with Crippen LogP contribution in [0, 0.1) is 0 Å². The third-order valence-electron chi connectivity index (χ3n) is 2.94. The number of anilines is 1. The van der Waals surface area contributed by atoms with E-state index >= 15 is 0 Å². The van der Waals surface area contributed by atoms with Gasteiger partial charge in [0.05, 0.1) is 5.75 Å². The first-order valence-corrected chi connectivity index (χ1v) is 7.92. The highest BCUT2D eigenvalue weighted by molar-refractivity contribution is 7.89. The summed E-state index contributed by atoms with van der Waals surface area (Å²) in [6, 6.07) is 5.68. The van der Waals surface area contributed by atoms with Crippen LogP contribution >= 0.6 is 0 Å². The number of rotatable bonds is 5. The Kier molecular flexibility index (Phi) is 4.21. The molecule has 6 heteroatoms. The van der Waals surface area contributed by atoms with Gasteiger partial charge in [-0.3, -0.25) is 0 Å². The van der Waals surface area contributed by atoms with E-state index in [1.807, 2.05) is 18.2 Å². The van der Waals surface area contributed by atoms with Gasteiger partial charge in [0.25, 0.3) is 0 Å². The molecule has 0 aromatic carbocycles. The maximum Gasteiger partial charge on any atom is 0.215 e. The number of pyridine rings is 1. The van der Waals surface area contributed by atoms with Crippen molar-refractivity contribution in [1.82, 2.24) is 9.71 Å². The van der Waals surface area contributed by atoms with Crippen molar-refractivity contribution in [2.45, 2.75) is 19.4 Å². The zero-order valence-corrected chi connectivity index (χ0v) is 11.9. The molecular formula is C13H19N3O2S. The first-order chi connectivity index (χ1) is 8.96. The van der Waals surface area contributed by atoms with Crippen molar-refractivity contribution in [3.05, 3.63) is 36.5 Å². The maximum absolute atomic E-state index is 11.8. The van der Waals surface area contributed by atoms with Gasteiger partial charge in [-0.25, -0.2) is 18.1 Å². The van der Waals surface area contributed by atoms with Gasteiger partial charge in [0.1, 0.15) is 5.82 Å². The molecule has 1 aliphatic heterocycles. The normalized spacial score (nSPS) is 19.6. The second-order valence-corrected chi connectivity index (χ2v) is 6.71. The number of hydrogen-bond donors (Lipinski definition) is 1. The van der Waals surface area contributed by atoms with Gasteiger partial charge < -0.3 is 4.90 Å². The Morgan fingerprint density at radius 3 is 3.00 bits per heavy atom. The number of aromatic nitrogens is 1. The average molecular weight is 281 g/mol. The van der Waals surface area contributed by atoms with E-state index in [4.69, 9.17) is 0 Å². The summed E-state index contributed by atoms with van der Waals surface area (Å²) >= 11 is 0. The molecule has 0 unspecified atom stereocenters. The lowest BCUT2D eigenvalue weighted by Gasteiger charge is -2.17. The van der Waals surface area contributed by atoms with Crippen LogP contribution in [0.4, 0.5) is 5.82 Å². The molecule has 104 valence electrons. The van der Waals surface area contributed by atoms with Crippen LogP contribution in [0.15, 0.2) is 36.5 Å². The lowest BCUT2D eigenvalue weighted by atomic mass is 10.3. The van der Waals surface area contributed by atoms with E-state index in [9.17, 15) is 8.42 Å². The zero-order chi connectivity index (χ0) is 13.9. The van der Waals surface area contributed by atoms with Gasteiger partial charge in [0.15, 0.2) is 0 Å². The molecule has 1 aliphatic rings. The largest absolute Gasteiger partial charge is 0.355 e. The topological polar surface area (TPSA) is 62.3 Å². The fourth-order valence-corrected chi connectivity index (χ4v) is 3.66. The second kappa shape index (κ2) is 5.71. The molecule has 5 nitrogen and oxygen atoms in total. The van der Waals surface area contributed by atoms with Crippen LogP contribution in [-0.2, 0) is 10.0 Å². The van der Waals surface area contributed by atoms with E-state index in [0.29, 0.717) is 12.1 Å². The number of hydrogen-bond acceptors (Lipinski definition) is 4. The summed E-state index contributed by atoms with van der Waals surface area (Å²) in [7, 11) is -3.27. The monoisotopic (exact) mass is 281 g/mol. The molecule has 2 rings (SSSR count). The molecule has 0 saturated carbocycles. The first kappa shape index (κ1) is 14.0. The summed E-state index contributed by atoms with van der Waals surface area (Å²) in [4.78, 5) is 6.37. The van der Waals surface area contributed by atoms with E-state index in [-0.39, 0.29) is 11.8 Å². The van der Waals surface area contributed by atoms with Crippen LogP contribution in [0.5, 0.6) is 0 Å². The Labute approximate surface area is 114 Å². The summed E-state index contributed by atoms with van der Waals surface area (Å²) in [6.45, 7) is 6.83. The Bertz CT molecular complexity index is 542. The van der Waals surface area contributed by atoms with Gasteiger partial charge in [-0.15, -0.1) is 0 Å². The molecule has 1 saturated heterocycles. The molecule has 1 aromatic rings. The molecule has 1 aromatic heterocycles. The number of sulfonamides is 1. The van der Waals surface area contributed by atoms with Crippen molar-refractivity contribution in [1.29, 1.82) is 0 Å². The van der Waals surface area contributed by atoms with Crippen LogP contribution in [0.3, 0.4) is 0 Å². The Hall–Kier alpha value is -1.40. The molecular weight excluding hydrogens is 262 g/mol. The Balaban J connectivity index is 1.94. The summed E-state index contributed by atoms with van der Waals surface area (Å²) in [6.07, 6.45) is 2.54. The number of nitrogens with one attached hydrogen (secondary N) is 1. The zero-order valence-electron chi connectivity index (χ0n) is 11.0. The summed E-state index contributed by atoms with van der Waals surface area (Å²) in [5.74, 6) is 0.886. The lowest BCUT2D eigenvalue weighted by molar-refractivity contribution is 0.563. The standard InChI is InChI=1S/C13H19N3O2S/c1-11(2)10-19(17,18)15-12-6-8-16(9-12)13-5-3-4-7-14-13/h3-5,7,12,15H,1,6,8-10H2,2H3/t12-/m0/s1. The van der Waals surface area contributed by atoms with Crippen molar-refractivity contribution >= 4 is 15.8 Å². The van der Waals surface area contributed by atoms with E-state index in [1.54, 1.807) is 13.1 Å². The average Bonchev–Trinajstić information content (AvgIpc) is 2.76. The molecule has 2 heterocycles. The van der Waals surface area contributed by atoms with E-state index in [0.717, 1.165) is 18.8 Å². The van der Waals surface area contributed by atoms with Gasteiger partial charge in [-0.05, 0) is 25.5 Å². The molecule has 0 spiro atoms. The van der Waals surface area contributed by atoms with Crippen LogP contribution in [0.25, 0.3) is 0 Å². The predicted octanol–water partition coefficient (Wildman–Crippen LogP) is 1.16. The summed E-state index contributed by atoms with van der Waals surface area (Å²) < 4.78 is 26.4. The molecule has 0 aliphatic carbocycles. The molecule has 0 bridgehead atoms. The Morgan fingerprint density at radius 2 is 2.37 bits per heavy atom. The van der Waals surface area contributed by atoms with Crippen molar-refractivity contribution in [2.75, 3.05) is 23.7 Å². The summed E-state index contributed by atoms with van der Waals surface area (Å²) in [5, 5.41) is 0. The fraction of sp³-hybridized carbons (Fsp3) is 0.462. The van der Waals surface area contributed by atoms with Crippen LogP contribution < -0.4 is 9.62 Å². The van der Waals surface area contributed by atoms with Crippen molar-refractivity contribution in [2.24, 2.45) is 0 Å². The highest BCUT2D eigenvalue weighted by atomic mass is 32.2. The van der Waals surface area contributed by atoms with Gasteiger partial charge in [0, 0.05) is 25.3 Å². The molecule has 1 atom stereocenters. The number of nitrogens with zero attached hydrogens (tertiary/aromatic N) is 2. The van der Waals surface area contributed by atoms with Crippen LogP contribution in [0.2, 0.25) is 0 Å². The fourth-order valence-electron chi connectivity index (χ4n) is 2.23. The highest BCUT2D eigenvalue weighted by Gasteiger charge is 2.26. The molecule has 0 radical (unpaired) electrons. The van der Waals surface area contributed by atoms with E-state index in [2.05, 4.69) is 21.2 Å². The third-order valence-corrected chi connectivity index (χ3v) is 4.51.